The number of piperidine rings is 2. The fraction of sp³-hybridized carbons (Fsp3) is 0.619. The number of hydrogen-bond acceptors (Lipinski definition) is 8. The van der Waals surface area contributed by atoms with E-state index in [-0.39, 0.29) is 17.3 Å². The molecular formula is C21H28N4O5S2. The van der Waals surface area contributed by atoms with Crippen molar-refractivity contribution in [2.24, 2.45) is 5.92 Å². The Kier molecular flexibility index (Phi) is 6.78. The van der Waals surface area contributed by atoms with Crippen LogP contribution in [-0.2, 0) is 24.3 Å². The van der Waals surface area contributed by atoms with E-state index in [0.717, 1.165) is 24.6 Å². The molecule has 1 aromatic heterocycles. The molecule has 0 spiro atoms. The quantitative estimate of drug-likeness (QED) is 0.605. The number of benzene rings is 1. The molecule has 2 saturated heterocycles. The van der Waals surface area contributed by atoms with Crippen molar-refractivity contribution in [2.75, 3.05) is 19.6 Å². The molecule has 0 saturated carbocycles. The lowest BCUT2D eigenvalue weighted by Gasteiger charge is -2.35. The third-order valence-corrected chi connectivity index (χ3v) is 8.78. The zero-order chi connectivity index (χ0) is 22.9. The number of fused-ring (bicyclic) bond motifs is 1. The molecule has 11 heteroatoms. The number of ether oxygens (including phenoxy) is 1. The normalized spacial score (nSPS) is 22.1. The number of carbonyl (C=O) groups is 2. The van der Waals surface area contributed by atoms with Crippen LogP contribution in [0.5, 0.6) is 0 Å². The molecule has 0 aliphatic carbocycles. The van der Waals surface area contributed by atoms with Gasteiger partial charge in [-0.05, 0) is 57.1 Å². The molecule has 2 atom stereocenters. The van der Waals surface area contributed by atoms with Crippen molar-refractivity contribution in [1.29, 1.82) is 0 Å². The van der Waals surface area contributed by atoms with Gasteiger partial charge in [-0.3, -0.25) is 9.59 Å². The molecule has 0 N–H and O–H groups in total. The van der Waals surface area contributed by atoms with Crippen LogP contribution >= 0.6 is 11.7 Å². The first-order valence-corrected chi connectivity index (χ1v) is 13.2. The highest BCUT2D eigenvalue weighted by Crippen LogP contribution is 2.30. The number of aromatic nitrogens is 2. The Morgan fingerprint density at radius 1 is 1.12 bits per heavy atom. The molecule has 3 heterocycles. The van der Waals surface area contributed by atoms with Gasteiger partial charge < -0.3 is 9.64 Å². The first-order valence-electron chi connectivity index (χ1n) is 11.0. The van der Waals surface area contributed by atoms with Crippen molar-refractivity contribution in [2.45, 2.75) is 63.0 Å². The molecule has 2 aliphatic heterocycles. The average molecular weight is 481 g/mol. The van der Waals surface area contributed by atoms with E-state index < -0.39 is 28.1 Å². The number of carbonyl (C=O) groups excluding carboxylic acids is 2. The molecule has 1 aromatic carbocycles. The van der Waals surface area contributed by atoms with Gasteiger partial charge in [0.1, 0.15) is 22.0 Å². The average Bonchev–Trinajstić information content (AvgIpc) is 3.28. The highest BCUT2D eigenvalue weighted by molar-refractivity contribution is 7.89. The summed E-state index contributed by atoms with van der Waals surface area (Å²) in [6, 6.07) is 3.84. The topological polar surface area (TPSA) is 110 Å². The van der Waals surface area contributed by atoms with Gasteiger partial charge in [-0.15, -0.1) is 0 Å². The van der Waals surface area contributed by atoms with Gasteiger partial charge in [0, 0.05) is 19.6 Å². The molecule has 2 aromatic rings. The summed E-state index contributed by atoms with van der Waals surface area (Å²) in [5, 5.41) is 0. The number of amides is 1. The molecule has 4 rings (SSSR count). The molecule has 2 aliphatic rings. The standard InChI is InChI=1S/C21H28N4O5S2/c1-14-9-12-24(13-10-14)20(26)15(2)30-21(27)17-7-3-4-11-25(17)32(28,29)18-8-5-6-16-19(18)23-31-22-16/h5-6,8,14-15,17H,3-4,7,9-13H2,1-2H3/t15-,17-/m1/s1. The molecule has 0 unspecified atom stereocenters. The monoisotopic (exact) mass is 480 g/mol. The number of esters is 1. The lowest BCUT2D eigenvalue weighted by Crippen LogP contribution is -2.50. The third-order valence-electron chi connectivity index (χ3n) is 6.30. The van der Waals surface area contributed by atoms with Crippen molar-refractivity contribution in [3.8, 4) is 0 Å². The Hall–Kier alpha value is -2.11. The van der Waals surface area contributed by atoms with Gasteiger partial charge in [0.15, 0.2) is 6.10 Å². The Bertz CT molecular complexity index is 1090. The second kappa shape index (κ2) is 9.40. The maximum Gasteiger partial charge on any atom is 0.325 e. The highest BCUT2D eigenvalue weighted by atomic mass is 32.2. The van der Waals surface area contributed by atoms with Gasteiger partial charge in [0.05, 0.1) is 11.7 Å². The van der Waals surface area contributed by atoms with Crippen LogP contribution < -0.4 is 0 Å². The van der Waals surface area contributed by atoms with Crippen molar-refractivity contribution in [3.63, 3.8) is 0 Å². The Morgan fingerprint density at radius 3 is 2.62 bits per heavy atom. The van der Waals surface area contributed by atoms with Gasteiger partial charge in [0.25, 0.3) is 5.91 Å². The maximum atomic E-state index is 13.5. The summed E-state index contributed by atoms with van der Waals surface area (Å²) >= 11 is 0.945. The molecule has 0 bridgehead atoms. The summed E-state index contributed by atoms with van der Waals surface area (Å²) in [6.07, 6.45) is 2.62. The second-order valence-electron chi connectivity index (χ2n) is 8.60. The minimum absolute atomic E-state index is 0.0370. The van der Waals surface area contributed by atoms with E-state index in [1.165, 1.54) is 10.4 Å². The number of nitrogens with zero attached hydrogens (tertiary/aromatic N) is 4. The zero-order valence-electron chi connectivity index (χ0n) is 18.3. The van der Waals surface area contributed by atoms with Crippen molar-refractivity contribution in [3.05, 3.63) is 18.2 Å². The summed E-state index contributed by atoms with van der Waals surface area (Å²) < 4.78 is 41.9. The van der Waals surface area contributed by atoms with E-state index in [0.29, 0.717) is 49.3 Å². The maximum absolute atomic E-state index is 13.5. The van der Waals surface area contributed by atoms with Crippen LogP contribution in [0.4, 0.5) is 0 Å². The van der Waals surface area contributed by atoms with Gasteiger partial charge >= 0.3 is 5.97 Å². The molecular weight excluding hydrogens is 452 g/mol. The van der Waals surface area contributed by atoms with E-state index in [1.54, 1.807) is 24.0 Å². The SMILES string of the molecule is CC1CCN(C(=O)[C@@H](C)OC(=O)[C@H]2CCCCN2S(=O)(=O)c2cccc3nsnc23)CC1. The van der Waals surface area contributed by atoms with Crippen LogP contribution in [0.1, 0.15) is 46.0 Å². The van der Waals surface area contributed by atoms with E-state index in [2.05, 4.69) is 15.7 Å². The van der Waals surface area contributed by atoms with Crippen LogP contribution in [0.2, 0.25) is 0 Å². The van der Waals surface area contributed by atoms with E-state index in [9.17, 15) is 18.0 Å². The first-order chi connectivity index (χ1) is 15.3. The second-order valence-corrected chi connectivity index (χ2v) is 11.0. The zero-order valence-corrected chi connectivity index (χ0v) is 19.9. The van der Waals surface area contributed by atoms with Crippen LogP contribution in [0.15, 0.2) is 23.1 Å². The minimum Gasteiger partial charge on any atom is -0.451 e. The van der Waals surface area contributed by atoms with E-state index in [4.69, 9.17) is 4.74 Å². The van der Waals surface area contributed by atoms with E-state index >= 15 is 0 Å². The molecule has 2 fully saturated rings. The lowest BCUT2D eigenvalue weighted by atomic mass is 9.99. The van der Waals surface area contributed by atoms with Gasteiger partial charge in [-0.25, -0.2) is 8.42 Å². The molecule has 9 nitrogen and oxygen atoms in total. The van der Waals surface area contributed by atoms with E-state index in [1.807, 2.05) is 0 Å². The predicted molar refractivity (Wildman–Crippen MR) is 119 cm³/mol. The number of likely N-dealkylation sites (tertiary alicyclic amines) is 1. The summed E-state index contributed by atoms with van der Waals surface area (Å²) in [4.78, 5) is 27.5. The Labute approximate surface area is 192 Å². The smallest absolute Gasteiger partial charge is 0.325 e. The molecule has 174 valence electrons. The minimum atomic E-state index is -3.99. The fourth-order valence-electron chi connectivity index (χ4n) is 4.33. The molecule has 1 amide bonds. The van der Waals surface area contributed by atoms with Gasteiger partial charge in [-0.1, -0.05) is 13.0 Å². The fourth-order valence-corrected chi connectivity index (χ4v) is 6.73. The summed E-state index contributed by atoms with van der Waals surface area (Å²) in [7, 11) is -3.99. The van der Waals surface area contributed by atoms with Crippen LogP contribution in [-0.4, -0.2) is 70.0 Å². The number of hydrogen-bond donors (Lipinski definition) is 0. The first kappa shape index (κ1) is 23.1. The van der Waals surface area contributed by atoms with Gasteiger partial charge in [0.2, 0.25) is 10.0 Å². The predicted octanol–water partition coefficient (Wildman–Crippen LogP) is 2.42. The van der Waals surface area contributed by atoms with Gasteiger partial charge in [-0.2, -0.15) is 13.1 Å². The van der Waals surface area contributed by atoms with Crippen molar-refractivity contribution < 1.29 is 22.7 Å². The largest absolute Gasteiger partial charge is 0.451 e. The summed E-state index contributed by atoms with van der Waals surface area (Å²) in [6.45, 7) is 5.23. The van der Waals surface area contributed by atoms with Crippen molar-refractivity contribution in [1.82, 2.24) is 18.0 Å². The summed E-state index contributed by atoms with van der Waals surface area (Å²) in [5.41, 5.74) is 0.806. The molecule has 0 radical (unpaired) electrons. The number of sulfonamides is 1. The van der Waals surface area contributed by atoms with Crippen LogP contribution in [0.25, 0.3) is 11.0 Å². The lowest BCUT2D eigenvalue weighted by molar-refractivity contribution is -0.163. The van der Waals surface area contributed by atoms with Crippen LogP contribution in [0.3, 0.4) is 0 Å². The van der Waals surface area contributed by atoms with Crippen molar-refractivity contribution >= 4 is 44.7 Å². The third kappa shape index (κ3) is 4.51. The Balaban J connectivity index is 1.51. The summed E-state index contributed by atoms with van der Waals surface area (Å²) in [5.74, 6) is -0.327. The van der Waals surface area contributed by atoms with Crippen LogP contribution in [0, 0.1) is 5.92 Å². The Morgan fingerprint density at radius 2 is 1.88 bits per heavy atom. The highest BCUT2D eigenvalue weighted by Gasteiger charge is 2.41. The number of rotatable bonds is 5. The molecule has 32 heavy (non-hydrogen) atoms.